The van der Waals surface area contributed by atoms with E-state index in [0.29, 0.717) is 0 Å². The molecule has 28 heavy (non-hydrogen) atoms. The fraction of sp³-hybridized carbons (Fsp3) is 1.00. The van der Waals surface area contributed by atoms with Crippen LogP contribution in [-0.4, -0.2) is 159 Å². The molecule has 0 rings (SSSR count). The fourth-order valence-electron chi connectivity index (χ4n) is 1.75. The summed E-state index contributed by atoms with van der Waals surface area (Å²) < 4.78 is 0. The molecule has 0 amide bonds. The van der Waals surface area contributed by atoms with E-state index in [1.165, 1.54) is 0 Å². The van der Waals surface area contributed by atoms with Crippen molar-refractivity contribution in [1.82, 2.24) is 0 Å². The number of rotatable bonds is 12. The molecule has 0 bridgehead atoms. The van der Waals surface area contributed by atoms with Crippen LogP contribution in [0, 0.1) is 0 Å². The summed E-state index contributed by atoms with van der Waals surface area (Å²) in [6.45, 7) is -3.17. The molecule has 14 N–H and O–H groups in total. The van der Waals surface area contributed by atoms with Crippen molar-refractivity contribution in [2.45, 2.75) is 61.0 Å². The van der Waals surface area contributed by atoms with E-state index in [4.69, 9.17) is 71.5 Å². The molecule has 0 aromatic carbocycles. The van der Waals surface area contributed by atoms with Gasteiger partial charge in [0.1, 0.15) is 61.0 Å². The van der Waals surface area contributed by atoms with Gasteiger partial charge in [-0.2, -0.15) is 0 Å². The maximum Gasteiger partial charge on any atom is 0.111 e. The van der Waals surface area contributed by atoms with E-state index >= 15 is 0 Å². The smallest absolute Gasteiger partial charge is 0.111 e. The summed E-state index contributed by atoms with van der Waals surface area (Å²) in [5.74, 6) is 0. The van der Waals surface area contributed by atoms with Crippen LogP contribution in [0.1, 0.15) is 0 Å². The van der Waals surface area contributed by atoms with Crippen LogP contribution < -0.4 is 0 Å². The van der Waals surface area contributed by atoms with Gasteiger partial charge in [-0.05, 0) is 0 Å². The van der Waals surface area contributed by atoms with Crippen LogP contribution in [0.3, 0.4) is 0 Å². The topological polar surface area (TPSA) is 283 Å². The third-order valence-corrected chi connectivity index (χ3v) is 3.72. The average Bonchev–Trinajstić information content (AvgIpc) is 2.73. The van der Waals surface area contributed by atoms with Crippen LogP contribution in [-0.2, 0) is 0 Å². The quantitative estimate of drug-likeness (QED) is 0.138. The second kappa shape index (κ2) is 15.3. The monoisotopic (exact) mass is 424 g/mol. The number of hydrogen-bond donors (Lipinski definition) is 14. The summed E-state index contributed by atoms with van der Waals surface area (Å²) in [4.78, 5) is 0. The second-order valence-electron chi connectivity index (χ2n) is 5.94. The summed E-state index contributed by atoms with van der Waals surface area (Å²) in [6.07, 6.45) is -17.4. The SMILES string of the molecule is OCC(O)C(O)C(O)C(O)C(O)CO.OCC(O)C(O)C(O)C(O)C(O)CO. The van der Waals surface area contributed by atoms with Gasteiger partial charge in [-0.1, -0.05) is 0 Å². The highest BCUT2D eigenvalue weighted by Gasteiger charge is 2.34. The predicted molar refractivity (Wildman–Crippen MR) is 88.4 cm³/mol. The van der Waals surface area contributed by atoms with Crippen molar-refractivity contribution in [2.75, 3.05) is 26.4 Å². The van der Waals surface area contributed by atoms with Crippen LogP contribution in [0.5, 0.6) is 0 Å². The standard InChI is InChI=1S/2C7H16O7/c2*8-1-3(10)5(12)7(14)6(13)4(11)2-9/h2*3-14H,1-2H2. The normalized spacial score (nSPS) is 22.5. The molecule has 8 unspecified atom stereocenters. The Morgan fingerprint density at radius 3 is 0.536 bits per heavy atom. The molecule has 0 aliphatic heterocycles. The van der Waals surface area contributed by atoms with Crippen LogP contribution in [0.2, 0.25) is 0 Å². The zero-order valence-corrected chi connectivity index (χ0v) is 14.9. The lowest BCUT2D eigenvalue weighted by atomic mass is 10.00. The number of aliphatic hydroxyl groups is 14. The molecule has 14 nitrogen and oxygen atoms in total. The lowest BCUT2D eigenvalue weighted by Crippen LogP contribution is -2.50. The van der Waals surface area contributed by atoms with E-state index in [9.17, 15) is 0 Å². The Hall–Kier alpha value is -0.560. The third-order valence-electron chi connectivity index (χ3n) is 3.72. The third kappa shape index (κ3) is 9.77. The summed E-state index contributed by atoms with van der Waals surface area (Å²) in [5.41, 5.74) is 0. The molecule has 14 heteroatoms. The van der Waals surface area contributed by atoms with Crippen molar-refractivity contribution in [1.29, 1.82) is 0 Å². The van der Waals surface area contributed by atoms with E-state index in [0.717, 1.165) is 0 Å². The first-order valence-corrected chi connectivity index (χ1v) is 8.15. The predicted octanol–water partition coefficient (Wildman–Crippen LogP) is -8.45. The molecule has 0 aliphatic rings. The van der Waals surface area contributed by atoms with Gasteiger partial charge in [0.15, 0.2) is 0 Å². The van der Waals surface area contributed by atoms with Crippen molar-refractivity contribution < 1.29 is 71.5 Å². The molecule has 0 spiro atoms. The molecule has 0 aromatic rings. The van der Waals surface area contributed by atoms with Crippen LogP contribution in [0.15, 0.2) is 0 Å². The van der Waals surface area contributed by atoms with Gasteiger partial charge < -0.3 is 71.5 Å². The van der Waals surface area contributed by atoms with Gasteiger partial charge in [-0.25, -0.2) is 0 Å². The zero-order chi connectivity index (χ0) is 22.6. The average molecular weight is 424 g/mol. The molecule has 0 saturated heterocycles. The van der Waals surface area contributed by atoms with Crippen molar-refractivity contribution in [3.05, 3.63) is 0 Å². The zero-order valence-electron chi connectivity index (χ0n) is 14.9. The van der Waals surface area contributed by atoms with E-state index in [-0.39, 0.29) is 0 Å². The van der Waals surface area contributed by atoms with Gasteiger partial charge in [0, 0.05) is 0 Å². The van der Waals surface area contributed by atoms with Gasteiger partial charge in [-0.3, -0.25) is 0 Å². The first-order valence-electron chi connectivity index (χ1n) is 8.15. The summed E-state index contributed by atoms with van der Waals surface area (Å²) in [6, 6.07) is 0. The Bertz CT molecular complexity index is 308. The number of hydrogen-bond acceptors (Lipinski definition) is 14. The molecule has 0 aliphatic carbocycles. The summed E-state index contributed by atoms with van der Waals surface area (Å²) in [5, 5.41) is 124. The highest BCUT2D eigenvalue weighted by Crippen LogP contribution is 2.09. The molecule has 8 atom stereocenters. The van der Waals surface area contributed by atoms with Crippen molar-refractivity contribution >= 4 is 0 Å². The minimum Gasteiger partial charge on any atom is -0.394 e. The lowest BCUT2D eigenvalue weighted by molar-refractivity contribution is -0.145. The van der Waals surface area contributed by atoms with Crippen LogP contribution in [0.4, 0.5) is 0 Å². The highest BCUT2D eigenvalue weighted by atomic mass is 16.4. The second-order valence-corrected chi connectivity index (χ2v) is 5.94. The minimum absolute atomic E-state index is 0.792. The van der Waals surface area contributed by atoms with Gasteiger partial charge in [0.25, 0.3) is 0 Å². The van der Waals surface area contributed by atoms with Gasteiger partial charge in [-0.15, -0.1) is 0 Å². The molecule has 0 heterocycles. The van der Waals surface area contributed by atoms with Gasteiger partial charge in [0.05, 0.1) is 26.4 Å². The van der Waals surface area contributed by atoms with E-state index in [1.807, 2.05) is 0 Å². The Morgan fingerprint density at radius 1 is 0.286 bits per heavy atom. The van der Waals surface area contributed by atoms with Crippen molar-refractivity contribution in [3.8, 4) is 0 Å². The molecule has 0 aromatic heterocycles. The van der Waals surface area contributed by atoms with Gasteiger partial charge >= 0.3 is 0 Å². The van der Waals surface area contributed by atoms with Crippen molar-refractivity contribution in [3.63, 3.8) is 0 Å². The van der Waals surface area contributed by atoms with Crippen molar-refractivity contribution in [2.24, 2.45) is 0 Å². The van der Waals surface area contributed by atoms with Gasteiger partial charge in [0.2, 0.25) is 0 Å². The Labute approximate surface area is 160 Å². The summed E-state index contributed by atoms with van der Waals surface area (Å²) in [7, 11) is 0. The fourth-order valence-corrected chi connectivity index (χ4v) is 1.75. The van der Waals surface area contributed by atoms with E-state index in [2.05, 4.69) is 0 Å². The Morgan fingerprint density at radius 2 is 0.429 bits per heavy atom. The Balaban J connectivity index is 0. The minimum atomic E-state index is -1.85. The maximum atomic E-state index is 9.15. The molecule has 0 radical (unpaired) electrons. The number of aliphatic hydroxyl groups excluding tert-OH is 14. The summed E-state index contributed by atoms with van der Waals surface area (Å²) >= 11 is 0. The largest absolute Gasteiger partial charge is 0.394 e. The maximum absolute atomic E-state index is 9.15. The molecular weight excluding hydrogens is 392 g/mol. The lowest BCUT2D eigenvalue weighted by Gasteiger charge is -2.27. The Kier molecular flexibility index (Phi) is 16.2. The van der Waals surface area contributed by atoms with Crippen LogP contribution >= 0.6 is 0 Å². The molecule has 172 valence electrons. The highest BCUT2D eigenvalue weighted by molar-refractivity contribution is 4.85. The molecule has 0 fully saturated rings. The van der Waals surface area contributed by atoms with Crippen LogP contribution in [0.25, 0.3) is 0 Å². The van der Waals surface area contributed by atoms with E-state index in [1.54, 1.807) is 0 Å². The first-order chi connectivity index (χ1) is 12.9. The molecule has 0 saturated carbocycles. The first kappa shape index (κ1) is 29.6. The molecular formula is C14H32O14. The van der Waals surface area contributed by atoms with E-state index < -0.39 is 87.5 Å².